The number of benzene rings is 1. The van der Waals surface area contributed by atoms with Crippen LogP contribution >= 0.6 is 23.2 Å². The molecule has 0 radical (unpaired) electrons. The van der Waals surface area contributed by atoms with Gasteiger partial charge in [-0.15, -0.1) is 0 Å². The first kappa shape index (κ1) is 20.8. The van der Waals surface area contributed by atoms with Gasteiger partial charge in [0.05, 0.1) is 28.0 Å². The molecule has 1 saturated heterocycles. The van der Waals surface area contributed by atoms with Crippen LogP contribution in [0.5, 0.6) is 0 Å². The molecule has 1 N–H and O–H groups in total. The Kier molecular flexibility index (Phi) is 6.75. The number of amides is 2. The lowest BCUT2D eigenvalue weighted by Gasteiger charge is -2.35. The van der Waals surface area contributed by atoms with E-state index in [1.54, 1.807) is 23.5 Å². The molecule has 0 spiro atoms. The highest BCUT2D eigenvalue weighted by Crippen LogP contribution is 2.37. The standard InChI is InChI=1S/C20H25Cl2N5O/c1-13(25-20(28)27(3)14-6-10-26(2)11-7-14)15-4-5-16(19(22)18(15)21)17-12-23-8-9-24-17/h4-5,8-9,12-14H,6-7,10-11H2,1-3H3,(H,25,28). The maximum Gasteiger partial charge on any atom is 0.317 e. The molecule has 8 heteroatoms. The van der Waals surface area contributed by atoms with Gasteiger partial charge in [-0.3, -0.25) is 9.97 Å². The van der Waals surface area contributed by atoms with E-state index in [4.69, 9.17) is 23.2 Å². The van der Waals surface area contributed by atoms with Crippen molar-refractivity contribution < 1.29 is 4.79 Å². The minimum Gasteiger partial charge on any atom is -0.331 e. The second kappa shape index (κ2) is 9.07. The molecule has 0 aliphatic carbocycles. The van der Waals surface area contributed by atoms with Crippen LogP contribution in [0, 0.1) is 0 Å². The monoisotopic (exact) mass is 421 g/mol. The third-order valence-electron chi connectivity index (χ3n) is 5.31. The van der Waals surface area contributed by atoms with Crippen molar-refractivity contribution in [1.29, 1.82) is 0 Å². The minimum absolute atomic E-state index is 0.104. The van der Waals surface area contributed by atoms with Crippen LogP contribution in [0.3, 0.4) is 0 Å². The Morgan fingerprint density at radius 2 is 1.96 bits per heavy atom. The summed E-state index contributed by atoms with van der Waals surface area (Å²) >= 11 is 13.0. The number of nitrogens with one attached hydrogen (secondary N) is 1. The third kappa shape index (κ3) is 4.57. The molecular formula is C20H25Cl2N5O. The van der Waals surface area contributed by atoms with Crippen molar-refractivity contribution in [2.75, 3.05) is 27.2 Å². The number of piperidine rings is 1. The van der Waals surface area contributed by atoms with Crippen molar-refractivity contribution in [2.24, 2.45) is 0 Å². The Morgan fingerprint density at radius 3 is 2.61 bits per heavy atom. The summed E-state index contributed by atoms with van der Waals surface area (Å²) in [5, 5.41) is 3.86. The molecule has 1 atom stereocenters. The van der Waals surface area contributed by atoms with Gasteiger partial charge in [0.1, 0.15) is 0 Å². The van der Waals surface area contributed by atoms with E-state index in [-0.39, 0.29) is 18.1 Å². The molecule has 1 fully saturated rings. The van der Waals surface area contributed by atoms with Gasteiger partial charge in [0, 0.05) is 31.0 Å². The van der Waals surface area contributed by atoms with E-state index < -0.39 is 0 Å². The zero-order valence-electron chi connectivity index (χ0n) is 16.3. The number of hydrogen-bond donors (Lipinski definition) is 1. The minimum atomic E-state index is -0.276. The van der Waals surface area contributed by atoms with Crippen molar-refractivity contribution in [3.05, 3.63) is 46.3 Å². The van der Waals surface area contributed by atoms with Gasteiger partial charge < -0.3 is 15.1 Å². The molecule has 6 nitrogen and oxygen atoms in total. The van der Waals surface area contributed by atoms with E-state index in [0.717, 1.165) is 31.5 Å². The molecule has 2 amide bonds. The number of aromatic nitrogens is 2. The summed E-state index contributed by atoms with van der Waals surface area (Å²) in [6, 6.07) is 3.60. The van der Waals surface area contributed by atoms with Crippen molar-refractivity contribution >= 4 is 29.2 Å². The Bertz CT molecular complexity index is 825. The highest BCUT2D eigenvalue weighted by Gasteiger charge is 2.25. The maximum atomic E-state index is 12.7. The molecule has 1 aromatic heterocycles. The number of carbonyl (C=O) groups excluding carboxylic acids is 1. The largest absolute Gasteiger partial charge is 0.331 e. The van der Waals surface area contributed by atoms with Gasteiger partial charge in [-0.2, -0.15) is 0 Å². The topological polar surface area (TPSA) is 61.4 Å². The average molecular weight is 422 g/mol. The first-order valence-corrected chi connectivity index (χ1v) is 10.1. The van der Waals surface area contributed by atoms with Gasteiger partial charge in [-0.05, 0) is 45.5 Å². The van der Waals surface area contributed by atoms with E-state index in [9.17, 15) is 4.79 Å². The van der Waals surface area contributed by atoms with Gasteiger partial charge >= 0.3 is 6.03 Å². The third-order valence-corrected chi connectivity index (χ3v) is 6.21. The molecule has 0 bridgehead atoms. The number of rotatable bonds is 4. The van der Waals surface area contributed by atoms with Gasteiger partial charge in [0.2, 0.25) is 0 Å². The van der Waals surface area contributed by atoms with E-state index in [1.165, 1.54) is 0 Å². The lowest BCUT2D eigenvalue weighted by Crippen LogP contribution is -2.48. The number of likely N-dealkylation sites (tertiary alicyclic amines) is 1. The molecule has 2 aromatic rings. The fraction of sp³-hybridized carbons (Fsp3) is 0.450. The summed E-state index contributed by atoms with van der Waals surface area (Å²) < 4.78 is 0. The SMILES string of the molecule is CC(NC(=O)N(C)C1CCN(C)CC1)c1ccc(-c2cnccn2)c(Cl)c1Cl. The van der Waals surface area contributed by atoms with Gasteiger partial charge in [-0.1, -0.05) is 35.3 Å². The van der Waals surface area contributed by atoms with Gasteiger partial charge in [0.25, 0.3) is 0 Å². The number of halogens is 2. The summed E-state index contributed by atoms with van der Waals surface area (Å²) in [6.07, 6.45) is 6.81. The van der Waals surface area contributed by atoms with Crippen LogP contribution in [0.4, 0.5) is 4.79 Å². The molecule has 0 saturated carbocycles. The number of carbonyl (C=O) groups is 1. The predicted octanol–water partition coefficient (Wildman–Crippen LogP) is 4.25. The lowest BCUT2D eigenvalue weighted by molar-refractivity contribution is 0.146. The highest BCUT2D eigenvalue weighted by molar-refractivity contribution is 6.44. The Balaban J connectivity index is 1.71. The van der Waals surface area contributed by atoms with Crippen molar-refractivity contribution in [1.82, 2.24) is 25.1 Å². The van der Waals surface area contributed by atoms with E-state index in [1.807, 2.05) is 26.1 Å². The summed E-state index contributed by atoms with van der Waals surface area (Å²) in [7, 11) is 3.96. The summed E-state index contributed by atoms with van der Waals surface area (Å²) in [5.41, 5.74) is 2.13. The zero-order valence-corrected chi connectivity index (χ0v) is 17.8. The molecule has 1 aliphatic heterocycles. The van der Waals surface area contributed by atoms with Crippen LogP contribution in [0.1, 0.15) is 31.4 Å². The van der Waals surface area contributed by atoms with Crippen molar-refractivity contribution in [3.8, 4) is 11.3 Å². The maximum absolute atomic E-state index is 12.7. The second-order valence-corrected chi connectivity index (χ2v) is 7.99. The van der Waals surface area contributed by atoms with Crippen LogP contribution in [0.15, 0.2) is 30.7 Å². The van der Waals surface area contributed by atoms with Crippen LogP contribution in [-0.4, -0.2) is 59.0 Å². The fourth-order valence-corrected chi connectivity index (χ4v) is 4.05. The van der Waals surface area contributed by atoms with Crippen LogP contribution in [-0.2, 0) is 0 Å². The van der Waals surface area contributed by atoms with E-state index in [2.05, 4.69) is 27.2 Å². The first-order valence-electron chi connectivity index (χ1n) is 9.34. The summed E-state index contributed by atoms with van der Waals surface area (Å²) in [4.78, 5) is 25.1. The molecule has 1 aromatic carbocycles. The number of urea groups is 1. The molecule has 1 unspecified atom stereocenters. The summed E-state index contributed by atoms with van der Waals surface area (Å²) in [5.74, 6) is 0. The Morgan fingerprint density at radius 1 is 1.25 bits per heavy atom. The normalized spacial score (nSPS) is 16.6. The molecule has 3 rings (SSSR count). The molecule has 1 aliphatic rings. The predicted molar refractivity (Wildman–Crippen MR) is 113 cm³/mol. The smallest absolute Gasteiger partial charge is 0.317 e. The Labute approximate surface area is 175 Å². The second-order valence-electron chi connectivity index (χ2n) is 7.24. The molecule has 2 heterocycles. The fourth-order valence-electron chi connectivity index (χ4n) is 3.45. The van der Waals surface area contributed by atoms with Crippen molar-refractivity contribution in [2.45, 2.75) is 31.8 Å². The molecule has 28 heavy (non-hydrogen) atoms. The summed E-state index contributed by atoms with van der Waals surface area (Å²) in [6.45, 7) is 3.91. The molecule has 150 valence electrons. The molecular weight excluding hydrogens is 397 g/mol. The number of nitrogens with zero attached hydrogens (tertiary/aromatic N) is 4. The Hall–Kier alpha value is -1.89. The highest BCUT2D eigenvalue weighted by atomic mass is 35.5. The van der Waals surface area contributed by atoms with Crippen molar-refractivity contribution in [3.63, 3.8) is 0 Å². The van der Waals surface area contributed by atoms with Crippen LogP contribution < -0.4 is 5.32 Å². The average Bonchev–Trinajstić information content (AvgIpc) is 2.70. The van der Waals surface area contributed by atoms with Gasteiger partial charge in [-0.25, -0.2) is 4.79 Å². The van der Waals surface area contributed by atoms with Crippen LogP contribution in [0.2, 0.25) is 10.0 Å². The van der Waals surface area contributed by atoms with E-state index in [0.29, 0.717) is 21.3 Å². The zero-order chi connectivity index (χ0) is 20.3. The lowest BCUT2D eigenvalue weighted by atomic mass is 10.0. The van der Waals surface area contributed by atoms with Crippen LogP contribution in [0.25, 0.3) is 11.3 Å². The van der Waals surface area contributed by atoms with E-state index >= 15 is 0 Å². The first-order chi connectivity index (χ1) is 13.4. The van der Waals surface area contributed by atoms with Gasteiger partial charge in [0.15, 0.2) is 0 Å². The quantitative estimate of drug-likeness (QED) is 0.801. The number of hydrogen-bond acceptors (Lipinski definition) is 4.